The third-order valence-electron chi connectivity index (χ3n) is 5.46. The Balaban J connectivity index is 1.62. The van der Waals surface area contributed by atoms with Crippen molar-refractivity contribution in [1.29, 1.82) is 0 Å². The van der Waals surface area contributed by atoms with Crippen molar-refractivity contribution in [1.82, 2.24) is 4.90 Å². The van der Waals surface area contributed by atoms with Crippen LogP contribution in [0.5, 0.6) is 17.2 Å². The number of rotatable bonds is 4. The maximum atomic E-state index is 13.3. The van der Waals surface area contributed by atoms with Gasteiger partial charge < -0.3 is 19.1 Å². The highest BCUT2D eigenvalue weighted by Crippen LogP contribution is 2.40. The van der Waals surface area contributed by atoms with Crippen LogP contribution in [0.1, 0.15) is 47.3 Å². The normalized spacial score (nSPS) is 20.9. The Morgan fingerprint density at radius 1 is 1.15 bits per heavy atom. The molecule has 1 fully saturated rings. The van der Waals surface area contributed by atoms with Crippen LogP contribution >= 0.6 is 0 Å². The van der Waals surface area contributed by atoms with E-state index in [2.05, 4.69) is 0 Å². The summed E-state index contributed by atoms with van der Waals surface area (Å²) < 4.78 is 16.6. The molecule has 0 aromatic heterocycles. The smallest absolute Gasteiger partial charge is 0.254 e. The molecule has 0 saturated carbocycles. The summed E-state index contributed by atoms with van der Waals surface area (Å²) in [6.45, 7) is 2.80. The van der Waals surface area contributed by atoms with Crippen molar-refractivity contribution in [2.75, 3.05) is 20.8 Å². The van der Waals surface area contributed by atoms with Gasteiger partial charge in [0, 0.05) is 30.2 Å². The lowest BCUT2D eigenvalue weighted by atomic mass is 10.0. The number of likely N-dealkylation sites (tertiary alicyclic amines) is 1. The van der Waals surface area contributed by atoms with Crippen LogP contribution in [-0.4, -0.2) is 37.7 Å². The van der Waals surface area contributed by atoms with Gasteiger partial charge >= 0.3 is 0 Å². The molecule has 0 N–H and O–H groups in total. The molecule has 2 aliphatic heterocycles. The van der Waals surface area contributed by atoms with E-state index < -0.39 is 0 Å². The number of carbonyl (C=O) groups excluding carboxylic acids is 1. The summed E-state index contributed by atoms with van der Waals surface area (Å²) in [4.78, 5) is 15.2. The predicted octanol–water partition coefficient (Wildman–Crippen LogP) is 4.00. The second-order valence-corrected chi connectivity index (χ2v) is 7.22. The van der Waals surface area contributed by atoms with Gasteiger partial charge in [-0.25, -0.2) is 0 Å². The minimum Gasteiger partial charge on any atom is -0.497 e. The Kier molecular flexibility index (Phi) is 4.68. The minimum absolute atomic E-state index is 0.0155. The molecule has 1 amide bonds. The first-order valence-corrected chi connectivity index (χ1v) is 9.43. The predicted molar refractivity (Wildman–Crippen MR) is 103 cm³/mol. The molecule has 2 aromatic carbocycles. The third kappa shape index (κ3) is 3.22. The molecule has 0 spiro atoms. The molecular weight excluding hydrogens is 342 g/mol. The van der Waals surface area contributed by atoms with Gasteiger partial charge in [0.2, 0.25) is 0 Å². The highest BCUT2D eigenvalue weighted by atomic mass is 16.5. The molecule has 0 unspecified atom stereocenters. The monoisotopic (exact) mass is 367 g/mol. The van der Waals surface area contributed by atoms with Crippen molar-refractivity contribution in [3.05, 3.63) is 53.1 Å². The van der Waals surface area contributed by atoms with Crippen LogP contribution in [-0.2, 0) is 6.42 Å². The fourth-order valence-corrected chi connectivity index (χ4v) is 4.15. The zero-order chi connectivity index (χ0) is 19.0. The Morgan fingerprint density at radius 3 is 2.78 bits per heavy atom. The molecular formula is C22H25NO4. The summed E-state index contributed by atoms with van der Waals surface area (Å²) in [7, 11) is 3.29. The zero-order valence-corrected chi connectivity index (χ0v) is 16.0. The highest BCUT2D eigenvalue weighted by Gasteiger charge is 2.33. The number of amides is 1. The molecule has 142 valence electrons. The molecule has 4 rings (SSSR count). The van der Waals surface area contributed by atoms with Crippen molar-refractivity contribution in [2.24, 2.45) is 0 Å². The second-order valence-electron chi connectivity index (χ2n) is 7.22. The lowest BCUT2D eigenvalue weighted by molar-refractivity contribution is 0.0734. The Hall–Kier alpha value is -2.69. The first-order valence-electron chi connectivity index (χ1n) is 9.43. The van der Waals surface area contributed by atoms with Crippen molar-refractivity contribution >= 4 is 5.91 Å². The second kappa shape index (κ2) is 7.14. The van der Waals surface area contributed by atoms with Gasteiger partial charge in [0.15, 0.2) is 0 Å². The molecule has 2 aromatic rings. The van der Waals surface area contributed by atoms with E-state index in [-0.39, 0.29) is 18.1 Å². The van der Waals surface area contributed by atoms with Crippen molar-refractivity contribution in [2.45, 2.75) is 38.3 Å². The van der Waals surface area contributed by atoms with Gasteiger partial charge in [0.25, 0.3) is 5.91 Å². The zero-order valence-electron chi connectivity index (χ0n) is 16.0. The number of ether oxygens (including phenoxy) is 3. The molecule has 0 radical (unpaired) electrons. The van der Waals surface area contributed by atoms with Gasteiger partial charge in [-0.1, -0.05) is 0 Å². The van der Waals surface area contributed by atoms with E-state index in [4.69, 9.17) is 14.2 Å². The number of hydrogen-bond donors (Lipinski definition) is 0. The Morgan fingerprint density at radius 2 is 2.00 bits per heavy atom. The van der Waals surface area contributed by atoms with E-state index in [0.29, 0.717) is 0 Å². The fourth-order valence-electron chi connectivity index (χ4n) is 4.15. The number of methoxy groups -OCH3 is 2. The quantitative estimate of drug-likeness (QED) is 0.819. The van der Waals surface area contributed by atoms with Crippen LogP contribution in [0.25, 0.3) is 0 Å². The summed E-state index contributed by atoms with van der Waals surface area (Å²) in [6, 6.07) is 11.6. The van der Waals surface area contributed by atoms with Gasteiger partial charge in [0.1, 0.15) is 23.4 Å². The van der Waals surface area contributed by atoms with Gasteiger partial charge in [-0.2, -0.15) is 0 Å². The number of benzene rings is 2. The molecule has 0 aliphatic carbocycles. The van der Waals surface area contributed by atoms with Gasteiger partial charge in [0.05, 0.1) is 20.3 Å². The maximum absolute atomic E-state index is 13.3. The highest BCUT2D eigenvalue weighted by molar-refractivity contribution is 5.95. The third-order valence-corrected chi connectivity index (χ3v) is 5.46. The number of hydrogen-bond acceptors (Lipinski definition) is 4. The van der Waals surface area contributed by atoms with Crippen LogP contribution in [0.15, 0.2) is 36.4 Å². The topological polar surface area (TPSA) is 48.0 Å². The van der Waals surface area contributed by atoms with Crippen LogP contribution in [0.2, 0.25) is 0 Å². The number of carbonyl (C=O) groups is 1. The van der Waals surface area contributed by atoms with Crippen LogP contribution in [0.3, 0.4) is 0 Å². The average Bonchev–Trinajstić information content (AvgIpc) is 3.31. The van der Waals surface area contributed by atoms with E-state index in [9.17, 15) is 4.79 Å². The van der Waals surface area contributed by atoms with Crippen LogP contribution < -0.4 is 14.2 Å². The lowest BCUT2D eigenvalue weighted by Crippen LogP contribution is -2.30. The summed E-state index contributed by atoms with van der Waals surface area (Å²) in [5.41, 5.74) is 2.87. The van der Waals surface area contributed by atoms with E-state index >= 15 is 0 Å². The average molecular weight is 367 g/mol. The molecule has 5 nitrogen and oxygen atoms in total. The largest absolute Gasteiger partial charge is 0.497 e. The molecule has 2 heterocycles. The molecule has 27 heavy (non-hydrogen) atoms. The van der Waals surface area contributed by atoms with E-state index in [1.165, 1.54) is 0 Å². The number of nitrogens with zero attached hydrogens (tertiary/aromatic N) is 1. The van der Waals surface area contributed by atoms with Gasteiger partial charge in [-0.15, -0.1) is 0 Å². The van der Waals surface area contributed by atoms with Crippen molar-refractivity contribution in [3.63, 3.8) is 0 Å². The van der Waals surface area contributed by atoms with Gasteiger partial charge in [-0.05, 0) is 55.7 Å². The first kappa shape index (κ1) is 17.7. The van der Waals surface area contributed by atoms with Crippen molar-refractivity contribution in [3.8, 4) is 17.2 Å². The molecule has 5 heteroatoms. The van der Waals surface area contributed by atoms with Crippen LogP contribution in [0, 0.1) is 0 Å². The summed E-state index contributed by atoms with van der Waals surface area (Å²) >= 11 is 0. The van der Waals surface area contributed by atoms with E-state index in [1.54, 1.807) is 14.2 Å². The summed E-state index contributed by atoms with van der Waals surface area (Å²) in [5.74, 6) is 2.47. The Labute approximate surface area is 159 Å². The molecule has 1 saturated heterocycles. The number of fused-ring (bicyclic) bond motifs is 1. The fraction of sp³-hybridized carbons (Fsp3) is 0.409. The lowest BCUT2D eigenvalue weighted by Gasteiger charge is -2.27. The molecule has 2 atom stereocenters. The van der Waals surface area contributed by atoms with E-state index in [0.717, 1.165) is 59.7 Å². The molecule has 0 bridgehead atoms. The Bertz CT molecular complexity index is 863. The summed E-state index contributed by atoms with van der Waals surface area (Å²) in [6.07, 6.45) is 2.94. The minimum atomic E-state index is 0.0155. The van der Waals surface area contributed by atoms with Crippen LogP contribution in [0.4, 0.5) is 0 Å². The summed E-state index contributed by atoms with van der Waals surface area (Å²) in [5, 5.41) is 0. The first-order chi connectivity index (χ1) is 13.1. The SMILES string of the molecule is COc1ccc([C@H]2CCCN2C(=O)c2ccc3c(c2)C[C@H](C)O3)c(OC)c1. The molecule has 2 aliphatic rings. The standard InChI is InChI=1S/C22H25NO4/c1-14-11-16-12-15(6-9-20(16)27-14)22(24)23-10-4-5-19(23)18-8-7-17(25-2)13-21(18)26-3/h6-9,12-14,19H,4-5,10-11H2,1-3H3/t14-,19+/m0/s1. The van der Waals surface area contributed by atoms with E-state index in [1.807, 2.05) is 48.2 Å². The maximum Gasteiger partial charge on any atom is 0.254 e. The van der Waals surface area contributed by atoms with Crippen molar-refractivity contribution < 1.29 is 19.0 Å². The van der Waals surface area contributed by atoms with Gasteiger partial charge in [-0.3, -0.25) is 4.79 Å².